The largest absolute Gasteiger partial charge is 0.345 e. The molecule has 2 nitrogen and oxygen atoms in total. The van der Waals surface area contributed by atoms with Crippen molar-refractivity contribution in [3.05, 3.63) is 38.0 Å². The maximum atomic E-state index is 9.68. The number of aliphatic hydroxyl groups is 1. The first-order valence-corrected chi connectivity index (χ1v) is 4.49. The molecule has 0 rings (SSSR count). The first-order valence-electron chi connectivity index (χ1n) is 4.49. The summed E-state index contributed by atoms with van der Waals surface area (Å²) in [5.74, 6) is 0. The summed E-state index contributed by atoms with van der Waals surface area (Å²) < 4.78 is 0.538. The normalized spacial score (nSPS) is 13.4. The predicted octanol–water partition coefficient (Wildman–Crippen LogP) is 1.70. The fourth-order valence-electron chi connectivity index (χ4n) is 1.45. The Labute approximate surface area is 81.1 Å². The molecule has 1 unspecified atom stereocenters. The van der Waals surface area contributed by atoms with E-state index < -0.39 is 6.23 Å². The average molecular weight is 182 g/mol. The van der Waals surface area contributed by atoms with Gasteiger partial charge in [-0.05, 0) is 18.2 Å². The third kappa shape index (κ3) is 3.17. The van der Waals surface area contributed by atoms with E-state index in [-0.39, 0.29) is 0 Å². The van der Waals surface area contributed by atoms with E-state index in [2.05, 4.69) is 19.7 Å². The highest BCUT2D eigenvalue weighted by Crippen LogP contribution is 2.12. The molecule has 0 aromatic rings. The van der Waals surface area contributed by atoms with Crippen molar-refractivity contribution in [1.29, 1.82) is 0 Å². The average Bonchev–Trinajstić information content (AvgIpc) is 2.05. The van der Waals surface area contributed by atoms with Crippen LogP contribution in [0.1, 0.15) is 6.92 Å². The molecule has 74 valence electrons. The third-order valence-corrected chi connectivity index (χ3v) is 2.27. The molecule has 1 atom stereocenters. The van der Waals surface area contributed by atoms with Crippen LogP contribution >= 0.6 is 0 Å². The van der Waals surface area contributed by atoms with Gasteiger partial charge in [-0.2, -0.15) is 0 Å². The first kappa shape index (κ1) is 12.1. The lowest BCUT2D eigenvalue weighted by Gasteiger charge is -2.38. The van der Waals surface area contributed by atoms with Crippen LogP contribution in [-0.2, 0) is 0 Å². The van der Waals surface area contributed by atoms with Gasteiger partial charge in [-0.1, -0.05) is 19.7 Å². The summed E-state index contributed by atoms with van der Waals surface area (Å²) in [7, 11) is 0. The van der Waals surface area contributed by atoms with Gasteiger partial charge in [-0.3, -0.25) is 4.48 Å². The summed E-state index contributed by atoms with van der Waals surface area (Å²) in [5, 5.41) is 9.68. The number of aliphatic hydroxyl groups excluding tert-OH is 1. The van der Waals surface area contributed by atoms with E-state index in [4.69, 9.17) is 0 Å². The lowest BCUT2D eigenvalue weighted by atomic mass is 10.3. The van der Waals surface area contributed by atoms with Gasteiger partial charge in [0.1, 0.15) is 0 Å². The summed E-state index contributed by atoms with van der Waals surface area (Å²) >= 11 is 0. The van der Waals surface area contributed by atoms with E-state index in [9.17, 15) is 5.11 Å². The van der Waals surface area contributed by atoms with Crippen molar-refractivity contribution in [1.82, 2.24) is 0 Å². The van der Waals surface area contributed by atoms with Crippen molar-refractivity contribution in [3.8, 4) is 0 Å². The van der Waals surface area contributed by atoms with E-state index >= 15 is 0 Å². The monoisotopic (exact) mass is 182 g/mol. The molecule has 2 heteroatoms. The van der Waals surface area contributed by atoms with Gasteiger partial charge in [0.25, 0.3) is 0 Å². The van der Waals surface area contributed by atoms with Gasteiger partial charge in [0.05, 0.1) is 19.6 Å². The summed E-state index contributed by atoms with van der Waals surface area (Å²) in [6, 6.07) is 0. The number of hydrogen-bond donors (Lipinski definition) is 1. The summed E-state index contributed by atoms with van der Waals surface area (Å²) in [4.78, 5) is 0. The molecule has 0 aliphatic carbocycles. The molecule has 0 saturated heterocycles. The molecule has 0 saturated carbocycles. The number of nitrogens with zero attached hydrogens (tertiary/aromatic N) is 1. The lowest BCUT2D eigenvalue weighted by Crippen LogP contribution is -2.54. The SMILES string of the molecule is C=CC[N+](CC=C)(CC=C)C(C)O. The zero-order valence-electron chi connectivity index (χ0n) is 8.45. The van der Waals surface area contributed by atoms with E-state index in [1.54, 1.807) is 6.92 Å². The fraction of sp³-hybridized carbons (Fsp3) is 0.455. The molecule has 0 aliphatic heterocycles. The molecule has 0 bridgehead atoms. The minimum absolute atomic E-state index is 0.422. The second kappa shape index (κ2) is 5.73. The highest BCUT2D eigenvalue weighted by Gasteiger charge is 2.28. The van der Waals surface area contributed by atoms with Gasteiger partial charge in [0.2, 0.25) is 0 Å². The van der Waals surface area contributed by atoms with Gasteiger partial charge in [0.15, 0.2) is 6.23 Å². The Morgan fingerprint density at radius 2 is 1.38 bits per heavy atom. The first-order chi connectivity index (χ1) is 6.13. The van der Waals surface area contributed by atoms with Crippen molar-refractivity contribution in [2.45, 2.75) is 13.2 Å². The molecular weight excluding hydrogens is 162 g/mol. The smallest absolute Gasteiger partial charge is 0.188 e. The highest BCUT2D eigenvalue weighted by molar-refractivity contribution is 4.76. The van der Waals surface area contributed by atoms with Crippen LogP contribution in [0.3, 0.4) is 0 Å². The molecule has 0 heterocycles. The fourth-order valence-corrected chi connectivity index (χ4v) is 1.45. The zero-order chi connectivity index (χ0) is 10.3. The topological polar surface area (TPSA) is 20.2 Å². The number of hydrogen-bond acceptors (Lipinski definition) is 1. The maximum Gasteiger partial charge on any atom is 0.188 e. The van der Waals surface area contributed by atoms with Crippen molar-refractivity contribution < 1.29 is 9.59 Å². The Morgan fingerprint density at radius 3 is 1.54 bits per heavy atom. The Hall–Kier alpha value is -0.860. The molecule has 13 heavy (non-hydrogen) atoms. The minimum Gasteiger partial charge on any atom is -0.345 e. The summed E-state index contributed by atoms with van der Waals surface area (Å²) in [5.41, 5.74) is 0. The van der Waals surface area contributed by atoms with Crippen molar-refractivity contribution >= 4 is 0 Å². The Morgan fingerprint density at radius 1 is 1.08 bits per heavy atom. The van der Waals surface area contributed by atoms with Crippen LogP contribution in [0.25, 0.3) is 0 Å². The molecule has 0 aliphatic rings. The number of quaternary nitrogens is 1. The van der Waals surface area contributed by atoms with Crippen molar-refractivity contribution in [2.75, 3.05) is 19.6 Å². The van der Waals surface area contributed by atoms with Crippen LogP contribution in [-0.4, -0.2) is 35.5 Å². The molecule has 0 radical (unpaired) electrons. The highest BCUT2D eigenvalue weighted by atomic mass is 16.3. The molecule has 0 amide bonds. The van der Waals surface area contributed by atoms with Crippen LogP contribution in [0.15, 0.2) is 38.0 Å². The lowest BCUT2D eigenvalue weighted by molar-refractivity contribution is -0.954. The van der Waals surface area contributed by atoms with E-state index in [1.165, 1.54) is 0 Å². The van der Waals surface area contributed by atoms with E-state index in [0.717, 1.165) is 19.6 Å². The van der Waals surface area contributed by atoms with Gasteiger partial charge in [0, 0.05) is 6.92 Å². The Kier molecular flexibility index (Phi) is 5.35. The molecule has 1 N–H and O–H groups in total. The minimum atomic E-state index is -0.422. The van der Waals surface area contributed by atoms with E-state index in [1.807, 2.05) is 18.2 Å². The second-order valence-corrected chi connectivity index (χ2v) is 3.26. The second-order valence-electron chi connectivity index (χ2n) is 3.26. The van der Waals surface area contributed by atoms with Crippen LogP contribution in [0.2, 0.25) is 0 Å². The van der Waals surface area contributed by atoms with Crippen molar-refractivity contribution in [2.24, 2.45) is 0 Å². The third-order valence-electron chi connectivity index (χ3n) is 2.27. The van der Waals surface area contributed by atoms with Crippen LogP contribution in [0.4, 0.5) is 0 Å². The van der Waals surface area contributed by atoms with Crippen LogP contribution < -0.4 is 0 Å². The molecule has 0 fully saturated rings. The molecule has 0 aromatic carbocycles. The molecular formula is C11H20NO+. The number of rotatable bonds is 7. The van der Waals surface area contributed by atoms with Crippen LogP contribution in [0, 0.1) is 0 Å². The Bertz CT molecular complexity index is 158. The molecule has 0 spiro atoms. The van der Waals surface area contributed by atoms with Gasteiger partial charge >= 0.3 is 0 Å². The standard InChI is InChI=1S/C11H20NO/c1-5-8-12(9-6-2,10-7-3)11(4)13/h5-7,11,13H,1-3,8-10H2,4H3/q+1. The summed E-state index contributed by atoms with van der Waals surface area (Å²) in [6.45, 7) is 15.1. The predicted molar refractivity (Wildman–Crippen MR) is 57.1 cm³/mol. The quantitative estimate of drug-likeness (QED) is 0.361. The van der Waals surface area contributed by atoms with E-state index in [0.29, 0.717) is 4.48 Å². The van der Waals surface area contributed by atoms with Gasteiger partial charge < -0.3 is 5.11 Å². The van der Waals surface area contributed by atoms with Gasteiger partial charge in [-0.15, -0.1) is 0 Å². The van der Waals surface area contributed by atoms with Crippen molar-refractivity contribution in [3.63, 3.8) is 0 Å². The van der Waals surface area contributed by atoms with Gasteiger partial charge in [-0.25, -0.2) is 0 Å². The zero-order valence-corrected chi connectivity index (χ0v) is 8.45. The summed E-state index contributed by atoms with van der Waals surface area (Å²) in [6.07, 6.45) is 5.04. The van der Waals surface area contributed by atoms with Crippen LogP contribution in [0.5, 0.6) is 0 Å². The Balaban J connectivity index is 4.65. The maximum absolute atomic E-state index is 9.68. The molecule has 0 aromatic heterocycles.